The predicted molar refractivity (Wildman–Crippen MR) is 75.0 cm³/mol. The van der Waals surface area contributed by atoms with E-state index in [9.17, 15) is 19.2 Å². The minimum atomic E-state index is -1.14. The first-order valence-electron chi connectivity index (χ1n) is 6.28. The molecule has 0 fully saturated rings. The molecule has 1 aromatic rings. The fraction of sp³-hybridized carbons (Fsp3) is 0.286. The van der Waals surface area contributed by atoms with E-state index < -0.39 is 18.4 Å². The maximum Gasteiger partial charge on any atom is 0.322 e. The van der Waals surface area contributed by atoms with Crippen LogP contribution in [-0.4, -0.2) is 35.2 Å². The smallest absolute Gasteiger partial charge is 0.322 e. The number of carboxylic acids is 1. The molecule has 1 aromatic carbocycles. The molecule has 2 amide bonds. The second kappa shape index (κ2) is 7.78. The number of carbonyl (C=O) groups is 4. The van der Waals surface area contributed by atoms with Gasteiger partial charge in [0.2, 0.25) is 11.8 Å². The predicted octanol–water partition coefficient (Wildman–Crippen LogP) is 0.809. The molecule has 3 N–H and O–H groups in total. The molecule has 0 bridgehead atoms. The Bertz CT molecular complexity index is 568. The summed E-state index contributed by atoms with van der Waals surface area (Å²) in [6.07, 6.45) is -0.179. The minimum Gasteiger partial charge on any atom is -0.480 e. The van der Waals surface area contributed by atoms with Crippen LogP contribution in [0.25, 0.3) is 0 Å². The van der Waals surface area contributed by atoms with Gasteiger partial charge in [-0.15, -0.1) is 0 Å². The Hall–Kier alpha value is -2.70. The highest BCUT2D eigenvalue weighted by Gasteiger charge is 2.09. The SMILES string of the molecule is CC(=O)c1cccc(NC(=O)CCC(=O)NCC(=O)O)c1. The number of benzene rings is 1. The summed E-state index contributed by atoms with van der Waals surface area (Å²) in [7, 11) is 0. The van der Waals surface area contributed by atoms with E-state index in [2.05, 4.69) is 10.6 Å². The lowest BCUT2D eigenvalue weighted by Crippen LogP contribution is -2.29. The van der Waals surface area contributed by atoms with Crippen LogP contribution in [0.4, 0.5) is 5.69 Å². The van der Waals surface area contributed by atoms with E-state index in [1.165, 1.54) is 6.92 Å². The Morgan fingerprint density at radius 2 is 1.76 bits per heavy atom. The van der Waals surface area contributed by atoms with Crippen LogP contribution in [-0.2, 0) is 14.4 Å². The molecular weight excluding hydrogens is 276 g/mol. The van der Waals surface area contributed by atoms with Crippen molar-refractivity contribution in [3.8, 4) is 0 Å². The molecule has 7 heteroatoms. The van der Waals surface area contributed by atoms with Gasteiger partial charge in [0, 0.05) is 24.1 Å². The van der Waals surface area contributed by atoms with Gasteiger partial charge < -0.3 is 15.7 Å². The number of carbonyl (C=O) groups excluding carboxylic acids is 3. The Balaban J connectivity index is 2.43. The molecule has 7 nitrogen and oxygen atoms in total. The van der Waals surface area contributed by atoms with Crippen molar-refractivity contribution in [1.82, 2.24) is 5.32 Å². The molecule has 0 aromatic heterocycles. The van der Waals surface area contributed by atoms with Crippen molar-refractivity contribution in [3.63, 3.8) is 0 Å². The summed E-state index contributed by atoms with van der Waals surface area (Å²) in [5, 5.41) is 13.1. The zero-order valence-electron chi connectivity index (χ0n) is 11.5. The van der Waals surface area contributed by atoms with Crippen LogP contribution >= 0.6 is 0 Å². The molecule has 0 saturated carbocycles. The minimum absolute atomic E-state index is 0.0737. The van der Waals surface area contributed by atoms with Gasteiger partial charge in [0.1, 0.15) is 6.54 Å². The summed E-state index contributed by atoms with van der Waals surface area (Å²) in [4.78, 5) is 44.4. The summed E-state index contributed by atoms with van der Waals surface area (Å²) in [6.45, 7) is 0.953. The Morgan fingerprint density at radius 1 is 1.10 bits per heavy atom. The van der Waals surface area contributed by atoms with Gasteiger partial charge in [-0.25, -0.2) is 0 Å². The topological polar surface area (TPSA) is 113 Å². The molecule has 0 radical (unpaired) electrons. The number of nitrogens with one attached hydrogen (secondary N) is 2. The molecule has 112 valence electrons. The average molecular weight is 292 g/mol. The van der Waals surface area contributed by atoms with E-state index in [0.29, 0.717) is 11.3 Å². The lowest BCUT2D eigenvalue weighted by molar-refractivity contribution is -0.138. The van der Waals surface area contributed by atoms with Crippen molar-refractivity contribution < 1.29 is 24.3 Å². The van der Waals surface area contributed by atoms with Gasteiger partial charge >= 0.3 is 5.97 Å². The zero-order chi connectivity index (χ0) is 15.8. The van der Waals surface area contributed by atoms with E-state index in [-0.39, 0.29) is 24.5 Å². The molecule has 0 heterocycles. The van der Waals surface area contributed by atoms with Gasteiger partial charge in [0.25, 0.3) is 0 Å². The quantitative estimate of drug-likeness (QED) is 0.644. The lowest BCUT2D eigenvalue weighted by Gasteiger charge is -2.06. The molecular formula is C14H16N2O5. The van der Waals surface area contributed by atoms with Gasteiger partial charge in [0.05, 0.1) is 0 Å². The largest absolute Gasteiger partial charge is 0.480 e. The molecule has 21 heavy (non-hydrogen) atoms. The third kappa shape index (κ3) is 6.33. The number of hydrogen-bond acceptors (Lipinski definition) is 4. The first-order chi connectivity index (χ1) is 9.88. The van der Waals surface area contributed by atoms with Gasteiger partial charge in [0.15, 0.2) is 5.78 Å². The number of Topliss-reactive ketones (excluding diaryl/α,β-unsaturated/α-hetero) is 1. The van der Waals surface area contributed by atoms with E-state index in [0.717, 1.165) is 0 Å². The Morgan fingerprint density at radius 3 is 2.38 bits per heavy atom. The average Bonchev–Trinajstić information content (AvgIpc) is 2.43. The van der Waals surface area contributed by atoms with Gasteiger partial charge in [-0.05, 0) is 19.1 Å². The normalized spacial score (nSPS) is 9.76. The molecule has 0 atom stereocenters. The van der Waals surface area contributed by atoms with E-state index in [4.69, 9.17) is 5.11 Å². The molecule has 0 saturated heterocycles. The summed E-state index contributed by atoms with van der Waals surface area (Å²) in [6, 6.07) is 6.46. The Kier molecular flexibility index (Phi) is 6.06. The van der Waals surface area contributed by atoms with Crippen LogP contribution in [0, 0.1) is 0 Å². The molecule has 0 spiro atoms. The second-order valence-corrected chi connectivity index (χ2v) is 4.36. The number of hydrogen-bond donors (Lipinski definition) is 3. The standard InChI is InChI=1S/C14H16N2O5/c1-9(17)10-3-2-4-11(7-10)16-13(19)6-5-12(18)15-8-14(20)21/h2-4,7H,5-6,8H2,1H3,(H,15,18)(H,16,19)(H,20,21). The summed E-state index contributed by atoms with van der Waals surface area (Å²) in [5.41, 5.74) is 0.950. The van der Waals surface area contributed by atoms with Crippen LogP contribution in [0.1, 0.15) is 30.1 Å². The highest BCUT2D eigenvalue weighted by atomic mass is 16.4. The fourth-order valence-corrected chi connectivity index (χ4v) is 1.53. The fourth-order valence-electron chi connectivity index (χ4n) is 1.53. The van der Waals surface area contributed by atoms with Crippen molar-refractivity contribution in [3.05, 3.63) is 29.8 Å². The van der Waals surface area contributed by atoms with Crippen LogP contribution in [0.2, 0.25) is 0 Å². The second-order valence-electron chi connectivity index (χ2n) is 4.36. The van der Waals surface area contributed by atoms with Crippen LogP contribution in [0.15, 0.2) is 24.3 Å². The van der Waals surface area contributed by atoms with Gasteiger partial charge in [-0.1, -0.05) is 12.1 Å². The van der Waals surface area contributed by atoms with E-state index in [1.54, 1.807) is 24.3 Å². The number of amides is 2. The van der Waals surface area contributed by atoms with Crippen molar-refractivity contribution in [2.24, 2.45) is 0 Å². The van der Waals surface area contributed by atoms with Crippen molar-refractivity contribution in [1.29, 1.82) is 0 Å². The van der Waals surface area contributed by atoms with Crippen LogP contribution in [0.5, 0.6) is 0 Å². The number of rotatable bonds is 7. The third-order valence-electron chi connectivity index (χ3n) is 2.57. The number of ketones is 1. The highest BCUT2D eigenvalue weighted by Crippen LogP contribution is 2.11. The monoisotopic (exact) mass is 292 g/mol. The van der Waals surface area contributed by atoms with Gasteiger partial charge in [-0.3, -0.25) is 19.2 Å². The molecule has 0 aliphatic rings. The lowest BCUT2D eigenvalue weighted by atomic mass is 10.1. The van der Waals surface area contributed by atoms with E-state index in [1.807, 2.05) is 0 Å². The highest BCUT2D eigenvalue weighted by molar-refractivity contribution is 5.97. The summed E-state index contributed by atoms with van der Waals surface area (Å²) in [5.74, 6) is -2.15. The first-order valence-corrected chi connectivity index (χ1v) is 6.28. The summed E-state index contributed by atoms with van der Waals surface area (Å²) >= 11 is 0. The summed E-state index contributed by atoms with van der Waals surface area (Å²) < 4.78 is 0. The van der Waals surface area contributed by atoms with Crippen molar-refractivity contribution >= 4 is 29.3 Å². The maximum atomic E-state index is 11.6. The van der Waals surface area contributed by atoms with Crippen molar-refractivity contribution in [2.75, 3.05) is 11.9 Å². The zero-order valence-corrected chi connectivity index (χ0v) is 11.5. The first kappa shape index (κ1) is 16.4. The van der Waals surface area contributed by atoms with Crippen LogP contribution in [0.3, 0.4) is 0 Å². The molecule has 0 aliphatic carbocycles. The van der Waals surface area contributed by atoms with E-state index >= 15 is 0 Å². The van der Waals surface area contributed by atoms with Crippen molar-refractivity contribution in [2.45, 2.75) is 19.8 Å². The molecule has 0 unspecified atom stereocenters. The number of carboxylic acid groups (broad SMARTS) is 1. The van der Waals surface area contributed by atoms with Gasteiger partial charge in [-0.2, -0.15) is 0 Å². The Labute approximate surface area is 121 Å². The molecule has 0 aliphatic heterocycles. The number of aliphatic carboxylic acids is 1. The molecule has 1 rings (SSSR count). The third-order valence-corrected chi connectivity index (χ3v) is 2.57. The van der Waals surface area contributed by atoms with Crippen LogP contribution < -0.4 is 10.6 Å². The maximum absolute atomic E-state index is 11.6. The number of anilines is 1.